The number of benzene rings is 2. The molecule has 0 radical (unpaired) electrons. The highest BCUT2D eigenvalue weighted by Gasteiger charge is 2.50. The first-order valence-corrected chi connectivity index (χ1v) is 15.4. The molecule has 4 aliphatic rings. The van der Waals surface area contributed by atoms with Gasteiger partial charge in [-0.2, -0.15) is 0 Å². The van der Waals surface area contributed by atoms with E-state index in [1.54, 1.807) is 20.1 Å². The number of ketones is 2. The van der Waals surface area contributed by atoms with Crippen LogP contribution >= 0.6 is 0 Å². The third-order valence-corrected chi connectivity index (χ3v) is 10.2. The molecule has 2 aromatic carbocycles. The lowest BCUT2D eigenvalue weighted by Crippen LogP contribution is -2.57. The summed E-state index contributed by atoms with van der Waals surface area (Å²) in [4.78, 5) is 29.7. The summed E-state index contributed by atoms with van der Waals surface area (Å²) in [5, 5.41) is 56.6. The van der Waals surface area contributed by atoms with E-state index in [1.165, 1.54) is 26.2 Å². The molecular formula is C33H41NO11. The Labute approximate surface area is 261 Å². The van der Waals surface area contributed by atoms with Gasteiger partial charge in [0.25, 0.3) is 0 Å². The predicted molar refractivity (Wildman–Crippen MR) is 159 cm³/mol. The van der Waals surface area contributed by atoms with Crippen molar-refractivity contribution >= 4 is 11.6 Å². The summed E-state index contributed by atoms with van der Waals surface area (Å²) in [5.41, 5.74) is -2.54. The van der Waals surface area contributed by atoms with Crippen molar-refractivity contribution < 1.29 is 54.1 Å². The quantitative estimate of drug-likeness (QED) is 0.252. The number of rotatable bonds is 6. The minimum Gasteiger partial charge on any atom is -0.507 e. The van der Waals surface area contributed by atoms with Crippen LogP contribution in [0.4, 0.5) is 0 Å². The summed E-state index contributed by atoms with van der Waals surface area (Å²) in [6, 6.07) is 4.22. The van der Waals surface area contributed by atoms with Gasteiger partial charge in [-0.05, 0) is 32.8 Å². The Balaban J connectivity index is 1.40. The molecule has 5 unspecified atom stereocenters. The third-order valence-electron chi connectivity index (χ3n) is 10.2. The Bertz CT molecular complexity index is 1500. The monoisotopic (exact) mass is 627 g/mol. The van der Waals surface area contributed by atoms with Crippen molar-refractivity contribution in [2.45, 2.75) is 94.4 Å². The highest BCUT2D eigenvalue weighted by Crippen LogP contribution is 2.53. The standard InChI is InChI=1S/C33H41NO11/c1-15-28(36)20(34-10-8-17(42-3)9-11-34)12-23(44-15)45-22-14-33(41,16(2)35)13-19-25(22)32(40)27-26(30(19)38)29(37)18-6-5-7-21(43-4)24(18)31(27)39/h5-7,15-17,20,22-23,28,35-36,38,40-41H,8-14H2,1-4H3/t15?,16?,20?,22-,23?,28?,33-/m0/s1. The van der Waals surface area contributed by atoms with Crippen molar-refractivity contribution in [2.75, 3.05) is 27.3 Å². The second-order valence-electron chi connectivity index (χ2n) is 12.7. The predicted octanol–water partition coefficient (Wildman–Crippen LogP) is 1.97. The van der Waals surface area contributed by atoms with Gasteiger partial charge in [-0.3, -0.25) is 14.5 Å². The van der Waals surface area contributed by atoms with Gasteiger partial charge in [0.2, 0.25) is 5.78 Å². The number of phenols is 2. The average Bonchev–Trinajstić information content (AvgIpc) is 3.02. The molecule has 0 bridgehead atoms. The third kappa shape index (κ3) is 5.22. The Morgan fingerprint density at radius 1 is 1.04 bits per heavy atom. The Kier molecular flexibility index (Phi) is 8.44. The number of aliphatic hydroxyl groups is 3. The molecule has 244 valence electrons. The first-order chi connectivity index (χ1) is 21.4. The van der Waals surface area contributed by atoms with Crippen LogP contribution in [0.3, 0.4) is 0 Å². The van der Waals surface area contributed by atoms with Crippen molar-refractivity contribution in [3.63, 3.8) is 0 Å². The molecule has 0 spiro atoms. The van der Waals surface area contributed by atoms with Crippen LogP contribution in [0.25, 0.3) is 0 Å². The van der Waals surface area contributed by atoms with E-state index in [9.17, 15) is 35.1 Å². The lowest BCUT2D eigenvalue weighted by molar-refractivity contribution is -0.262. The summed E-state index contributed by atoms with van der Waals surface area (Å²) in [5.74, 6) is -2.35. The van der Waals surface area contributed by atoms with E-state index in [2.05, 4.69) is 4.90 Å². The Morgan fingerprint density at radius 2 is 1.73 bits per heavy atom. The summed E-state index contributed by atoms with van der Waals surface area (Å²) in [6.07, 6.45) is -3.20. The van der Waals surface area contributed by atoms with Crippen LogP contribution in [0.5, 0.6) is 17.2 Å². The van der Waals surface area contributed by atoms with E-state index in [4.69, 9.17) is 18.9 Å². The van der Waals surface area contributed by atoms with E-state index in [0.717, 1.165) is 25.9 Å². The number of aromatic hydroxyl groups is 2. The SMILES string of the molecule is COc1cccc2c1C(=O)c1c(O)c3c(c(O)c1C2=O)C[C@@](O)(C(C)O)C[C@@H]3OC1CC(N2CCC(OC)CC2)C(O)C(C)O1. The summed E-state index contributed by atoms with van der Waals surface area (Å²) in [7, 11) is 3.05. The molecule has 6 rings (SSSR count). The molecule has 5 N–H and O–H groups in total. The van der Waals surface area contributed by atoms with Gasteiger partial charge in [0.1, 0.15) is 17.2 Å². The smallest absolute Gasteiger partial charge is 0.202 e. The van der Waals surface area contributed by atoms with E-state index >= 15 is 0 Å². The fraction of sp³-hybridized carbons (Fsp3) is 0.576. The number of methoxy groups -OCH3 is 2. The van der Waals surface area contributed by atoms with Gasteiger partial charge in [-0.25, -0.2) is 0 Å². The van der Waals surface area contributed by atoms with Crippen LogP contribution in [0.1, 0.15) is 88.6 Å². The second-order valence-corrected chi connectivity index (χ2v) is 12.7. The molecule has 2 aromatic rings. The molecule has 0 saturated carbocycles. The maximum atomic E-state index is 13.9. The van der Waals surface area contributed by atoms with Gasteiger partial charge in [0.05, 0.1) is 59.9 Å². The lowest BCUT2D eigenvalue weighted by Gasteiger charge is -2.47. The number of phenolic OH excluding ortho intramolecular Hbond substituents is 2. The number of piperidine rings is 1. The molecule has 0 aromatic heterocycles. The fourth-order valence-corrected chi connectivity index (χ4v) is 7.48. The first kappa shape index (κ1) is 31.9. The van der Waals surface area contributed by atoms with Crippen molar-refractivity contribution in [3.8, 4) is 17.2 Å². The Morgan fingerprint density at radius 3 is 2.38 bits per heavy atom. The van der Waals surface area contributed by atoms with Crippen LogP contribution in [0.15, 0.2) is 18.2 Å². The molecule has 2 aliphatic heterocycles. The molecule has 45 heavy (non-hydrogen) atoms. The van der Waals surface area contributed by atoms with Crippen molar-refractivity contribution in [2.24, 2.45) is 0 Å². The molecule has 2 heterocycles. The molecule has 2 fully saturated rings. The summed E-state index contributed by atoms with van der Waals surface area (Å²) in [6.45, 7) is 4.58. The van der Waals surface area contributed by atoms with E-state index in [-0.39, 0.29) is 70.5 Å². The maximum Gasteiger partial charge on any atom is 0.202 e. The average molecular weight is 628 g/mol. The highest BCUT2D eigenvalue weighted by molar-refractivity contribution is 6.31. The normalized spacial score (nSPS) is 31.2. The molecule has 12 nitrogen and oxygen atoms in total. The van der Waals surface area contributed by atoms with Crippen LogP contribution < -0.4 is 4.74 Å². The molecule has 0 amide bonds. The molecule has 7 atom stereocenters. The number of aliphatic hydroxyl groups excluding tert-OH is 2. The minimum absolute atomic E-state index is 0.000441. The van der Waals surface area contributed by atoms with Gasteiger partial charge < -0.3 is 44.5 Å². The molecular weight excluding hydrogens is 586 g/mol. The number of likely N-dealkylation sites (tertiary alicyclic amines) is 1. The maximum absolute atomic E-state index is 13.9. The van der Waals surface area contributed by atoms with Crippen LogP contribution in [0, 0.1) is 0 Å². The summed E-state index contributed by atoms with van der Waals surface area (Å²) >= 11 is 0. The zero-order valence-corrected chi connectivity index (χ0v) is 25.9. The van der Waals surface area contributed by atoms with E-state index in [0.29, 0.717) is 0 Å². The van der Waals surface area contributed by atoms with Crippen molar-refractivity contribution in [1.29, 1.82) is 0 Å². The van der Waals surface area contributed by atoms with Crippen LogP contribution in [-0.4, -0.2) is 112 Å². The number of carbonyl (C=O) groups is 2. The molecule has 12 heteroatoms. The molecule has 2 saturated heterocycles. The number of nitrogens with zero attached hydrogens (tertiary/aromatic N) is 1. The molecule has 2 aliphatic carbocycles. The minimum atomic E-state index is -1.81. The number of hydrogen-bond acceptors (Lipinski definition) is 12. The lowest BCUT2D eigenvalue weighted by atomic mass is 9.71. The van der Waals surface area contributed by atoms with Gasteiger partial charge in [-0.15, -0.1) is 0 Å². The highest BCUT2D eigenvalue weighted by atomic mass is 16.7. The van der Waals surface area contributed by atoms with Gasteiger partial charge in [-0.1, -0.05) is 12.1 Å². The van der Waals surface area contributed by atoms with Gasteiger partial charge in [0, 0.05) is 62.2 Å². The zero-order chi connectivity index (χ0) is 32.4. The van der Waals surface area contributed by atoms with Crippen molar-refractivity contribution in [1.82, 2.24) is 4.90 Å². The summed E-state index contributed by atoms with van der Waals surface area (Å²) < 4.78 is 23.3. The van der Waals surface area contributed by atoms with Crippen LogP contribution in [0.2, 0.25) is 0 Å². The van der Waals surface area contributed by atoms with E-state index < -0.39 is 59.4 Å². The first-order valence-electron chi connectivity index (χ1n) is 15.4. The topological polar surface area (TPSA) is 175 Å². The fourth-order valence-electron chi connectivity index (χ4n) is 7.48. The van der Waals surface area contributed by atoms with Crippen LogP contribution in [-0.2, 0) is 20.6 Å². The van der Waals surface area contributed by atoms with Crippen molar-refractivity contribution in [3.05, 3.63) is 51.6 Å². The number of fused-ring (bicyclic) bond motifs is 3. The largest absolute Gasteiger partial charge is 0.507 e. The number of carbonyl (C=O) groups excluding carboxylic acids is 2. The second kappa shape index (κ2) is 11.9. The van der Waals surface area contributed by atoms with Gasteiger partial charge >= 0.3 is 0 Å². The number of hydrogen-bond donors (Lipinski definition) is 5. The van der Waals surface area contributed by atoms with Gasteiger partial charge in [0.15, 0.2) is 12.1 Å². The Hall–Kier alpha value is -3.10. The zero-order valence-electron chi connectivity index (χ0n) is 25.9. The van der Waals surface area contributed by atoms with E-state index in [1.807, 2.05) is 0 Å². The number of ether oxygens (including phenoxy) is 4.